The Morgan fingerprint density at radius 1 is 1.09 bits per heavy atom. The quantitative estimate of drug-likeness (QED) is 0.757. The van der Waals surface area contributed by atoms with Gasteiger partial charge in [0.15, 0.2) is 0 Å². The Morgan fingerprint density at radius 3 is 2.59 bits per heavy atom. The molecule has 4 heteroatoms. The van der Waals surface area contributed by atoms with Crippen LogP contribution >= 0.6 is 0 Å². The number of aryl methyl sites for hydroxylation is 2. The minimum absolute atomic E-state index is 0.161. The van der Waals surface area contributed by atoms with E-state index in [1.807, 2.05) is 13.8 Å². The molecule has 1 aliphatic heterocycles. The number of fused-ring (bicyclic) bond motifs is 5. The lowest BCUT2D eigenvalue weighted by atomic mass is 9.87. The minimum Gasteiger partial charge on any atom is -0.507 e. The fourth-order valence-corrected chi connectivity index (χ4v) is 3.73. The minimum atomic E-state index is -0.262. The second-order valence-corrected chi connectivity index (χ2v) is 6.99. The van der Waals surface area contributed by atoms with Crippen LogP contribution in [0, 0.1) is 0 Å². The number of phenols is 1. The first-order valence-electron chi connectivity index (χ1n) is 7.99. The van der Waals surface area contributed by atoms with Gasteiger partial charge >= 0.3 is 5.63 Å². The summed E-state index contributed by atoms with van der Waals surface area (Å²) in [5.41, 5.74) is 2.64. The predicted molar refractivity (Wildman–Crippen MR) is 83.8 cm³/mol. The van der Waals surface area contributed by atoms with Crippen LogP contribution in [0.5, 0.6) is 11.5 Å². The molecule has 0 saturated carbocycles. The number of phenolic OH excluding ortho intramolecular Hbond substituents is 1. The second kappa shape index (κ2) is 4.51. The molecule has 1 aliphatic carbocycles. The first-order chi connectivity index (χ1) is 10.5. The van der Waals surface area contributed by atoms with Gasteiger partial charge in [-0.25, -0.2) is 4.79 Å². The molecule has 22 heavy (non-hydrogen) atoms. The molecule has 2 aliphatic rings. The molecule has 1 aromatic heterocycles. The van der Waals surface area contributed by atoms with Gasteiger partial charge in [-0.2, -0.15) is 0 Å². The van der Waals surface area contributed by atoms with E-state index < -0.39 is 0 Å². The Bertz CT molecular complexity index is 829. The summed E-state index contributed by atoms with van der Waals surface area (Å²) in [6.07, 6.45) is 5.28. The van der Waals surface area contributed by atoms with Crippen molar-refractivity contribution in [3.63, 3.8) is 0 Å². The van der Waals surface area contributed by atoms with Gasteiger partial charge in [0.1, 0.15) is 22.7 Å². The highest BCUT2D eigenvalue weighted by molar-refractivity contribution is 5.92. The van der Waals surface area contributed by atoms with Gasteiger partial charge in [-0.1, -0.05) is 0 Å². The van der Waals surface area contributed by atoms with Crippen molar-refractivity contribution in [2.75, 3.05) is 0 Å². The average molecular weight is 300 g/mol. The first-order valence-corrected chi connectivity index (χ1v) is 7.99. The van der Waals surface area contributed by atoms with Crippen molar-refractivity contribution >= 4 is 11.0 Å². The summed E-state index contributed by atoms with van der Waals surface area (Å²) in [5.74, 6) is 0.800. The molecule has 0 fully saturated rings. The van der Waals surface area contributed by atoms with Gasteiger partial charge in [-0.3, -0.25) is 0 Å². The van der Waals surface area contributed by atoms with Crippen LogP contribution in [0.1, 0.15) is 49.8 Å². The van der Waals surface area contributed by atoms with E-state index in [0.717, 1.165) is 60.6 Å². The summed E-state index contributed by atoms with van der Waals surface area (Å²) in [5, 5.41) is 11.2. The van der Waals surface area contributed by atoms with E-state index >= 15 is 0 Å². The zero-order valence-corrected chi connectivity index (χ0v) is 13.0. The smallest absolute Gasteiger partial charge is 0.339 e. The molecule has 0 spiro atoms. The van der Waals surface area contributed by atoms with Crippen LogP contribution in [0.3, 0.4) is 0 Å². The molecule has 1 aromatic carbocycles. The van der Waals surface area contributed by atoms with Gasteiger partial charge in [0.2, 0.25) is 0 Å². The van der Waals surface area contributed by atoms with Crippen molar-refractivity contribution in [3.05, 3.63) is 33.2 Å². The Hall–Kier alpha value is -1.97. The highest BCUT2D eigenvalue weighted by Gasteiger charge is 2.31. The van der Waals surface area contributed by atoms with Gasteiger partial charge in [0.25, 0.3) is 0 Å². The molecule has 0 unspecified atom stereocenters. The molecule has 4 rings (SSSR count). The van der Waals surface area contributed by atoms with E-state index in [9.17, 15) is 9.90 Å². The van der Waals surface area contributed by atoms with Gasteiger partial charge in [0.05, 0.1) is 5.39 Å². The number of hydrogen-bond acceptors (Lipinski definition) is 4. The van der Waals surface area contributed by atoms with E-state index in [1.54, 1.807) is 6.07 Å². The van der Waals surface area contributed by atoms with Crippen molar-refractivity contribution < 1.29 is 14.3 Å². The van der Waals surface area contributed by atoms with Gasteiger partial charge in [-0.15, -0.1) is 0 Å². The molecule has 116 valence electrons. The average Bonchev–Trinajstić information content (AvgIpc) is 2.46. The Labute approximate surface area is 128 Å². The lowest BCUT2D eigenvalue weighted by molar-refractivity contribution is 0.0846. The molecular formula is C18H20O4. The molecule has 2 aromatic rings. The van der Waals surface area contributed by atoms with Gasteiger partial charge in [0, 0.05) is 17.2 Å². The van der Waals surface area contributed by atoms with Crippen LogP contribution < -0.4 is 10.4 Å². The molecule has 1 N–H and O–H groups in total. The van der Waals surface area contributed by atoms with Gasteiger partial charge < -0.3 is 14.3 Å². The van der Waals surface area contributed by atoms with Gasteiger partial charge in [-0.05, 0) is 57.9 Å². The lowest BCUT2D eigenvalue weighted by Crippen LogP contribution is -2.32. The van der Waals surface area contributed by atoms with Crippen molar-refractivity contribution in [3.8, 4) is 11.5 Å². The fourth-order valence-electron chi connectivity index (χ4n) is 3.73. The third kappa shape index (κ3) is 1.93. The largest absolute Gasteiger partial charge is 0.507 e. The third-order valence-electron chi connectivity index (χ3n) is 4.90. The highest BCUT2D eigenvalue weighted by Crippen LogP contribution is 2.43. The summed E-state index contributed by atoms with van der Waals surface area (Å²) >= 11 is 0. The molecule has 0 atom stereocenters. The zero-order valence-electron chi connectivity index (χ0n) is 13.0. The topological polar surface area (TPSA) is 59.7 Å². The van der Waals surface area contributed by atoms with Crippen molar-refractivity contribution in [2.24, 2.45) is 0 Å². The summed E-state index contributed by atoms with van der Waals surface area (Å²) < 4.78 is 11.6. The molecular weight excluding hydrogens is 280 g/mol. The molecule has 4 nitrogen and oxygen atoms in total. The Morgan fingerprint density at radius 2 is 1.82 bits per heavy atom. The standard InChI is InChI=1S/C18H20O4/c1-18(2)8-7-12-14(22-18)9-13(19)15-10-5-3-4-6-11(10)17(20)21-16(12)15/h9,19H,3-8H2,1-2H3. The van der Waals surface area contributed by atoms with Crippen LogP contribution in [-0.4, -0.2) is 10.7 Å². The van der Waals surface area contributed by atoms with Crippen LogP contribution in [0.25, 0.3) is 11.0 Å². The van der Waals surface area contributed by atoms with E-state index in [1.165, 1.54) is 0 Å². The van der Waals surface area contributed by atoms with Crippen LogP contribution in [0.2, 0.25) is 0 Å². The number of rotatable bonds is 0. The zero-order chi connectivity index (χ0) is 15.5. The van der Waals surface area contributed by atoms with Crippen LogP contribution in [-0.2, 0) is 19.3 Å². The number of hydrogen-bond donors (Lipinski definition) is 1. The maximum atomic E-state index is 12.3. The SMILES string of the molecule is CC1(C)CCc2c(cc(O)c3c4c(c(=O)oc23)CCCC4)O1. The molecule has 0 saturated heterocycles. The van der Waals surface area contributed by atoms with E-state index in [4.69, 9.17) is 9.15 Å². The molecule has 0 bridgehead atoms. The van der Waals surface area contributed by atoms with Crippen molar-refractivity contribution in [1.82, 2.24) is 0 Å². The third-order valence-corrected chi connectivity index (χ3v) is 4.90. The van der Waals surface area contributed by atoms with Crippen molar-refractivity contribution in [1.29, 1.82) is 0 Å². The maximum Gasteiger partial charge on any atom is 0.339 e. The first kappa shape index (κ1) is 13.7. The number of ether oxygens (including phenoxy) is 1. The van der Waals surface area contributed by atoms with E-state index in [0.29, 0.717) is 11.3 Å². The molecule has 0 radical (unpaired) electrons. The fraction of sp³-hybridized carbons (Fsp3) is 0.500. The Balaban J connectivity index is 2.06. The number of benzene rings is 1. The normalized spacial score (nSPS) is 19.4. The predicted octanol–water partition coefficient (Wildman–Crippen LogP) is 3.48. The highest BCUT2D eigenvalue weighted by atomic mass is 16.5. The van der Waals surface area contributed by atoms with E-state index in [-0.39, 0.29) is 17.0 Å². The lowest BCUT2D eigenvalue weighted by Gasteiger charge is -2.33. The van der Waals surface area contributed by atoms with E-state index in [2.05, 4.69) is 0 Å². The molecule has 2 heterocycles. The maximum absolute atomic E-state index is 12.3. The Kier molecular flexibility index (Phi) is 2.80. The summed E-state index contributed by atoms with van der Waals surface area (Å²) in [7, 11) is 0. The second-order valence-electron chi connectivity index (χ2n) is 6.99. The van der Waals surface area contributed by atoms with Crippen molar-refractivity contribution in [2.45, 2.75) is 58.0 Å². The molecule has 0 amide bonds. The van der Waals surface area contributed by atoms with Crippen LogP contribution in [0.4, 0.5) is 0 Å². The summed E-state index contributed by atoms with van der Waals surface area (Å²) in [4.78, 5) is 12.3. The van der Waals surface area contributed by atoms with Crippen LogP contribution in [0.15, 0.2) is 15.3 Å². The monoisotopic (exact) mass is 300 g/mol. The summed E-state index contributed by atoms with van der Waals surface area (Å²) in [6.45, 7) is 4.06. The number of aromatic hydroxyl groups is 1. The summed E-state index contributed by atoms with van der Waals surface area (Å²) in [6, 6.07) is 1.69.